The van der Waals surface area contributed by atoms with E-state index < -0.39 is 0 Å². The van der Waals surface area contributed by atoms with Crippen molar-refractivity contribution in [3.8, 4) is 0 Å². The van der Waals surface area contributed by atoms with Crippen LogP contribution in [0.1, 0.15) is 19.1 Å². The zero-order chi connectivity index (χ0) is 11.3. The van der Waals surface area contributed by atoms with Crippen LogP contribution in [0.5, 0.6) is 0 Å². The highest BCUT2D eigenvalue weighted by molar-refractivity contribution is 6.28. The van der Waals surface area contributed by atoms with E-state index in [1.165, 1.54) is 0 Å². The lowest BCUT2D eigenvalue weighted by molar-refractivity contribution is 0.273. The summed E-state index contributed by atoms with van der Waals surface area (Å²) in [5, 5.41) is 3.80. The van der Waals surface area contributed by atoms with Gasteiger partial charge in [-0.2, -0.15) is 0 Å². The van der Waals surface area contributed by atoms with Crippen LogP contribution >= 0.6 is 24.0 Å². The number of likely N-dealkylation sites (N-methyl/N-ethyl adjacent to an activating group) is 1. The molecule has 0 bridgehead atoms. The lowest BCUT2D eigenvalue weighted by Crippen LogP contribution is -2.37. The molecule has 1 rings (SSSR count). The Morgan fingerprint density at radius 2 is 2.12 bits per heavy atom. The van der Waals surface area contributed by atoms with Crippen LogP contribution in [0.25, 0.3) is 0 Å². The molecule has 0 amide bonds. The Morgan fingerprint density at radius 3 is 2.56 bits per heavy atom. The maximum absolute atomic E-state index is 5.68. The van der Waals surface area contributed by atoms with Gasteiger partial charge in [-0.05, 0) is 44.2 Å². The topological polar surface area (TPSA) is 28.4 Å². The number of nitrogens with one attached hydrogen (secondary N) is 1. The molecule has 1 N–H and O–H groups in total. The average molecular weight is 267 g/mol. The van der Waals surface area contributed by atoms with Crippen LogP contribution in [-0.2, 0) is 6.54 Å². The van der Waals surface area contributed by atoms with Crippen molar-refractivity contribution in [2.24, 2.45) is 0 Å². The molecule has 16 heavy (non-hydrogen) atoms. The number of furan rings is 1. The van der Waals surface area contributed by atoms with Crippen molar-refractivity contribution in [1.29, 1.82) is 0 Å². The number of hydrogen-bond acceptors (Lipinski definition) is 3. The van der Waals surface area contributed by atoms with Gasteiger partial charge in [0.25, 0.3) is 0 Å². The molecule has 1 aromatic rings. The number of hydrogen-bond donors (Lipinski definition) is 1. The van der Waals surface area contributed by atoms with Crippen LogP contribution in [0.3, 0.4) is 0 Å². The maximum atomic E-state index is 5.68. The van der Waals surface area contributed by atoms with E-state index >= 15 is 0 Å². The molecular formula is C11H20Cl2N2O. The minimum atomic E-state index is 0. The zero-order valence-electron chi connectivity index (χ0n) is 10.00. The van der Waals surface area contributed by atoms with Crippen LogP contribution in [0, 0.1) is 0 Å². The average Bonchev–Trinajstić information content (AvgIpc) is 2.58. The highest BCUT2D eigenvalue weighted by atomic mass is 35.5. The second-order valence-corrected chi connectivity index (χ2v) is 4.23. The monoisotopic (exact) mass is 266 g/mol. The molecule has 1 atom stereocenters. The molecule has 1 unspecified atom stereocenters. The Morgan fingerprint density at radius 1 is 1.44 bits per heavy atom. The van der Waals surface area contributed by atoms with Crippen molar-refractivity contribution in [2.75, 3.05) is 20.6 Å². The second kappa shape index (κ2) is 7.96. The van der Waals surface area contributed by atoms with E-state index in [1.807, 2.05) is 6.07 Å². The third kappa shape index (κ3) is 5.21. The van der Waals surface area contributed by atoms with Crippen molar-refractivity contribution >= 4 is 24.0 Å². The standard InChI is InChI=1S/C11H19ClN2O.ClH/c1-4-9(14(2)3)7-13-8-10-5-6-11(12)15-10;/h5-6,9,13H,4,7-8H2,1-3H3;1H. The van der Waals surface area contributed by atoms with E-state index in [9.17, 15) is 0 Å². The predicted molar refractivity (Wildman–Crippen MR) is 70.4 cm³/mol. The first kappa shape index (κ1) is 15.8. The van der Waals surface area contributed by atoms with Crippen LogP contribution in [0.2, 0.25) is 5.22 Å². The van der Waals surface area contributed by atoms with Gasteiger partial charge in [0.1, 0.15) is 5.76 Å². The van der Waals surface area contributed by atoms with Gasteiger partial charge in [0.05, 0.1) is 6.54 Å². The first-order chi connectivity index (χ1) is 7.13. The molecule has 94 valence electrons. The molecule has 1 aromatic heterocycles. The van der Waals surface area contributed by atoms with Gasteiger partial charge >= 0.3 is 0 Å². The summed E-state index contributed by atoms with van der Waals surface area (Å²) < 4.78 is 5.25. The molecule has 0 aromatic carbocycles. The molecule has 0 radical (unpaired) electrons. The summed E-state index contributed by atoms with van der Waals surface area (Å²) in [6.45, 7) is 3.88. The highest BCUT2D eigenvalue weighted by Crippen LogP contribution is 2.12. The van der Waals surface area contributed by atoms with E-state index in [2.05, 4.69) is 31.2 Å². The maximum Gasteiger partial charge on any atom is 0.193 e. The van der Waals surface area contributed by atoms with E-state index in [1.54, 1.807) is 6.07 Å². The summed E-state index contributed by atoms with van der Waals surface area (Å²) in [6, 6.07) is 4.23. The first-order valence-corrected chi connectivity index (χ1v) is 5.62. The number of nitrogens with zero attached hydrogens (tertiary/aromatic N) is 1. The Labute approximate surface area is 109 Å². The van der Waals surface area contributed by atoms with Gasteiger partial charge in [0, 0.05) is 12.6 Å². The van der Waals surface area contributed by atoms with Crippen molar-refractivity contribution in [3.05, 3.63) is 23.1 Å². The SMILES string of the molecule is CCC(CNCc1ccc(Cl)o1)N(C)C.Cl. The van der Waals surface area contributed by atoms with Gasteiger partial charge in [-0.1, -0.05) is 6.92 Å². The van der Waals surface area contributed by atoms with Gasteiger partial charge in [-0.3, -0.25) is 0 Å². The lowest BCUT2D eigenvalue weighted by Gasteiger charge is -2.22. The Balaban J connectivity index is 0.00000225. The van der Waals surface area contributed by atoms with Crippen molar-refractivity contribution < 1.29 is 4.42 Å². The largest absolute Gasteiger partial charge is 0.448 e. The molecule has 0 aliphatic heterocycles. The van der Waals surface area contributed by atoms with Crippen molar-refractivity contribution in [3.63, 3.8) is 0 Å². The molecule has 0 aliphatic rings. The fourth-order valence-corrected chi connectivity index (χ4v) is 1.66. The molecule has 5 heteroatoms. The van der Waals surface area contributed by atoms with Crippen LogP contribution in [-0.4, -0.2) is 31.6 Å². The molecule has 0 aliphatic carbocycles. The summed E-state index contributed by atoms with van der Waals surface area (Å²) in [5.74, 6) is 0.883. The Kier molecular flexibility index (Phi) is 7.85. The van der Waals surface area contributed by atoms with E-state index in [4.69, 9.17) is 16.0 Å². The van der Waals surface area contributed by atoms with Crippen LogP contribution in [0.15, 0.2) is 16.5 Å². The summed E-state index contributed by atoms with van der Waals surface area (Å²) in [7, 11) is 4.19. The number of rotatable bonds is 6. The van der Waals surface area contributed by atoms with Crippen molar-refractivity contribution in [2.45, 2.75) is 25.9 Å². The van der Waals surface area contributed by atoms with Gasteiger partial charge in [0.2, 0.25) is 0 Å². The van der Waals surface area contributed by atoms with Crippen molar-refractivity contribution in [1.82, 2.24) is 10.2 Å². The van der Waals surface area contributed by atoms with Crippen LogP contribution < -0.4 is 5.32 Å². The molecular weight excluding hydrogens is 247 g/mol. The zero-order valence-corrected chi connectivity index (χ0v) is 11.6. The second-order valence-electron chi connectivity index (χ2n) is 3.86. The fraction of sp³-hybridized carbons (Fsp3) is 0.636. The Bertz CT molecular complexity index is 289. The molecule has 0 saturated heterocycles. The minimum Gasteiger partial charge on any atom is -0.448 e. The highest BCUT2D eigenvalue weighted by Gasteiger charge is 2.08. The van der Waals surface area contributed by atoms with Gasteiger partial charge < -0.3 is 14.6 Å². The lowest BCUT2D eigenvalue weighted by atomic mass is 10.2. The predicted octanol–water partition coefficient (Wildman–Crippen LogP) is 2.78. The van der Waals surface area contributed by atoms with Gasteiger partial charge in [0.15, 0.2) is 5.22 Å². The molecule has 1 heterocycles. The summed E-state index contributed by atoms with van der Waals surface area (Å²) >= 11 is 5.68. The van der Waals surface area contributed by atoms with Crippen LogP contribution in [0.4, 0.5) is 0 Å². The van der Waals surface area contributed by atoms with Gasteiger partial charge in [-0.15, -0.1) is 12.4 Å². The molecule has 0 saturated carbocycles. The van der Waals surface area contributed by atoms with E-state index in [0.29, 0.717) is 11.3 Å². The van der Waals surface area contributed by atoms with Gasteiger partial charge in [-0.25, -0.2) is 0 Å². The van der Waals surface area contributed by atoms with E-state index in [-0.39, 0.29) is 12.4 Å². The smallest absolute Gasteiger partial charge is 0.193 e. The molecule has 0 spiro atoms. The summed E-state index contributed by atoms with van der Waals surface area (Å²) in [6.07, 6.45) is 1.14. The summed E-state index contributed by atoms with van der Waals surface area (Å²) in [5.41, 5.74) is 0. The van der Waals surface area contributed by atoms with E-state index in [0.717, 1.165) is 25.3 Å². The summed E-state index contributed by atoms with van der Waals surface area (Å²) in [4.78, 5) is 2.22. The third-order valence-electron chi connectivity index (χ3n) is 2.51. The minimum absolute atomic E-state index is 0. The first-order valence-electron chi connectivity index (χ1n) is 5.24. The Hall–Kier alpha value is -0.220. The quantitative estimate of drug-likeness (QED) is 0.859. The fourth-order valence-electron chi connectivity index (χ4n) is 1.50. The number of halogens is 2. The molecule has 0 fully saturated rings. The molecule has 3 nitrogen and oxygen atoms in total. The third-order valence-corrected chi connectivity index (χ3v) is 2.71. The normalized spacial score (nSPS) is 12.6.